The Labute approximate surface area is 185 Å². The molecule has 1 aromatic carbocycles. The van der Waals surface area contributed by atoms with Crippen molar-refractivity contribution in [2.75, 3.05) is 0 Å². The van der Waals surface area contributed by atoms with E-state index in [-0.39, 0.29) is 0 Å². The molecule has 4 nitrogen and oxygen atoms in total. The maximum Gasteiger partial charge on any atom is 0.0697 e. The molecular formula is C28H20N4. The third-order valence-electron chi connectivity index (χ3n) is 6.41. The molecule has 0 saturated carbocycles. The van der Waals surface area contributed by atoms with Crippen LogP contribution in [0.15, 0.2) is 72.8 Å². The summed E-state index contributed by atoms with van der Waals surface area (Å²) in [5, 5.41) is 0. The maximum absolute atomic E-state index is 5.09. The van der Waals surface area contributed by atoms with E-state index in [9.17, 15) is 0 Å². The van der Waals surface area contributed by atoms with Gasteiger partial charge in [0.1, 0.15) is 0 Å². The van der Waals surface area contributed by atoms with Gasteiger partial charge in [0.2, 0.25) is 0 Å². The maximum atomic E-state index is 5.09. The number of allylic oxidation sites excluding steroid dienone is 2. The van der Waals surface area contributed by atoms with Crippen LogP contribution in [0.3, 0.4) is 0 Å². The average molecular weight is 412 g/mol. The van der Waals surface area contributed by atoms with E-state index in [4.69, 9.17) is 9.97 Å². The predicted octanol–water partition coefficient (Wildman–Crippen LogP) is 6.19. The van der Waals surface area contributed by atoms with Crippen molar-refractivity contribution >= 4 is 45.4 Å². The lowest BCUT2D eigenvalue weighted by atomic mass is 9.85. The largest absolute Gasteiger partial charge is 0.355 e. The summed E-state index contributed by atoms with van der Waals surface area (Å²) in [5.74, 6) is 0. The van der Waals surface area contributed by atoms with E-state index >= 15 is 0 Å². The summed E-state index contributed by atoms with van der Waals surface area (Å²) in [6, 6.07) is 25.6. The van der Waals surface area contributed by atoms with Gasteiger partial charge < -0.3 is 9.97 Å². The first-order valence-electron chi connectivity index (χ1n) is 10.9. The summed E-state index contributed by atoms with van der Waals surface area (Å²) in [6.45, 7) is 0. The van der Waals surface area contributed by atoms with Crippen molar-refractivity contribution in [1.29, 1.82) is 0 Å². The van der Waals surface area contributed by atoms with Crippen molar-refractivity contribution in [1.82, 2.24) is 19.9 Å². The molecule has 0 amide bonds. The predicted molar refractivity (Wildman–Crippen MR) is 131 cm³/mol. The minimum atomic E-state index is 0.909. The zero-order valence-electron chi connectivity index (χ0n) is 17.4. The van der Waals surface area contributed by atoms with Crippen LogP contribution in [0.5, 0.6) is 0 Å². The monoisotopic (exact) mass is 412 g/mol. The van der Waals surface area contributed by atoms with Crippen LogP contribution < -0.4 is 0 Å². The standard InChI is InChI=1S/C28H20N4/c1-2-4-18-12-26-25(11-17(18)3-1)27-15-23-9-7-21(30-23)13-19-5-6-20(29-19)14-22-8-10-24(31-22)16-28(26)32-27/h1-10,13-16,29-30H,11-12H2. The van der Waals surface area contributed by atoms with Gasteiger partial charge in [-0.2, -0.15) is 0 Å². The van der Waals surface area contributed by atoms with Gasteiger partial charge >= 0.3 is 0 Å². The van der Waals surface area contributed by atoms with Crippen molar-refractivity contribution in [3.8, 4) is 0 Å². The van der Waals surface area contributed by atoms with Crippen molar-refractivity contribution in [3.05, 3.63) is 107 Å². The minimum absolute atomic E-state index is 0.909. The van der Waals surface area contributed by atoms with Gasteiger partial charge in [-0.15, -0.1) is 0 Å². The summed E-state index contributed by atoms with van der Waals surface area (Å²) < 4.78 is 0. The smallest absolute Gasteiger partial charge is 0.0697 e. The first kappa shape index (κ1) is 17.5. The van der Waals surface area contributed by atoms with Crippen molar-refractivity contribution < 1.29 is 0 Å². The first-order chi connectivity index (χ1) is 15.8. The summed E-state index contributed by atoms with van der Waals surface area (Å²) in [6.07, 6.45) is 5.95. The lowest BCUT2D eigenvalue weighted by Gasteiger charge is -2.18. The molecule has 2 aliphatic heterocycles. The highest BCUT2D eigenvalue weighted by molar-refractivity contribution is 5.96. The number of aromatic amines is 2. The molecule has 5 heterocycles. The van der Waals surface area contributed by atoms with Crippen molar-refractivity contribution in [2.45, 2.75) is 12.8 Å². The molecule has 0 fully saturated rings. The fourth-order valence-electron chi connectivity index (χ4n) is 4.86. The Hall–Kier alpha value is -4.18. The van der Waals surface area contributed by atoms with Gasteiger partial charge in [0.25, 0.3) is 0 Å². The van der Waals surface area contributed by atoms with E-state index in [1.54, 1.807) is 0 Å². The number of hydrogen-bond acceptors (Lipinski definition) is 2. The molecule has 0 radical (unpaired) electrons. The van der Waals surface area contributed by atoms with Crippen LogP contribution in [0.2, 0.25) is 0 Å². The van der Waals surface area contributed by atoms with Crippen LogP contribution in [-0.2, 0) is 12.8 Å². The highest BCUT2D eigenvalue weighted by Crippen LogP contribution is 2.39. The van der Waals surface area contributed by atoms with Gasteiger partial charge in [-0.3, -0.25) is 0 Å². The van der Waals surface area contributed by atoms with E-state index in [1.807, 2.05) is 0 Å². The second-order valence-corrected chi connectivity index (χ2v) is 8.57. The summed E-state index contributed by atoms with van der Waals surface area (Å²) in [7, 11) is 0. The molecule has 0 unspecified atom stereocenters. The van der Waals surface area contributed by atoms with Crippen molar-refractivity contribution in [3.63, 3.8) is 0 Å². The number of benzene rings is 1. The van der Waals surface area contributed by atoms with Crippen LogP contribution in [0.4, 0.5) is 0 Å². The van der Waals surface area contributed by atoms with Gasteiger partial charge in [0, 0.05) is 34.9 Å². The molecule has 3 aliphatic rings. The lowest BCUT2D eigenvalue weighted by molar-refractivity contribution is 1.13. The summed E-state index contributed by atoms with van der Waals surface area (Å²) in [4.78, 5) is 16.9. The number of fused-ring (bicyclic) bond motifs is 11. The van der Waals surface area contributed by atoms with E-state index in [0.717, 1.165) is 57.7 Å². The van der Waals surface area contributed by atoms with Crippen LogP contribution in [0, 0.1) is 0 Å². The number of aromatic nitrogens is 4. The number of H-pyrrole nitrogens is 2. The van der Waals surface area contributed by atoms with Crippen molar-refractivity contribution in [2.24, 2.45) is 0 Å². The Bertz CT molecular complexity index is 1630. The fraction of sp³-hybridized carbons (Fsp3) is 0.0714. The van der Waals surface area contributed by atoms with Crippen LogP contribution in [0.1, 0.15) is 33.9 Å². The quantitative estimate of drug-likeness (QED) is 0.318. The molecule has 3 aromatic heterocycles. The number of nitrogens with one attached hydrogen (secondary N) is 2. The lowest BCUT2D eigenvalue weighted by Crippen LogP contribution is -2.04. The Kier molecular flexibility index (Phi) is 3.64. The molecule has 0 spiro atoms. The van der Waals surface area contributed by atoms with Gasteiger partial charge in [-0.05, 0) is 83.0 Å². The zero-order valence-corrected chi connectivity index (χ0v) is 17.4. The van der Waals surface area contributed by atoms with Crippen LogP contribution in [0.25, 0.3) is 45.4 Å². The number of nitrogens with zero attached hydrogens (tertiary/aromatic N) is 2. The van der Waals surface area contributed by atoms with E-state index in [0.29, 0.717) is 0 Å². The first-order valence-corrected chi connectivity index (χ1v) is 10.9. The van der Waals surface area contributed by atoms with E-state index < -0.39 is 0 Å². The Morgan fingerprint density at radius 2 is 1.06 bits per heavy atom. The minimum Gasteiger partial charge on any atom is -0.355 e. The molecule has 2 N–H and O–H groups in total. The molecule has 1 aliphatic carbocycles. The molecule has 152 valence electrons. The van der Waals surface area contributed by atoms with Gasteiger partial charge in [-0.1, -0.05) is 24.3 Å². The molecule has 4 heteroatoms. The second kappa shape index (κ2) is 6.66. The number of hydrogen-bond donors (Lipinski definition) is 2. The molecule has 0 saturated heterocycles. The normalized spacial score (nSPS) is 14.4. The van der Waals surface area contributed by atoms with Gasteiger partial charge in [0.15, 0.2) is 0 Å². The fourth-order valence-corrected chi connectivity index (χ4v) is 4.86. The molecule has 4 aromatic rings. The summed E-state index contributed by atoms with van der Waals surface area (Å²) in [5.41, 5.74) is 13.6. The molecule has 32 heavy (non-hydrogen) atoms. The Morgan fingerprint density at radius 3 is 1.72 bits per heavy atom. The number of rotatable bonds is 0. The van der Waals surface area contributed by atoms with E-state index in [1.165, 1.54) is 22.3 Å². The van der Waals surface area contributed by atoms with Gasteiger partial charge in [0.05, 0.1) is 22.8 Å². The van der Waals surface area contributed by atoms with Crippen LogP contribution in [-0.4, -0.2) is 19.9 Å². The highest BCUT2D eigenvalue weighted by Gasteiger charge is 2.25. The Morgan fingerprint density at radius 1 is 0.531 bits per heavy atom. The molecule has 0 atom stereocenters. The topological polar surface area (TPSA) is 57.4 Å². The Balaban J connectivity index is 1.52. The molecular weight excluding hydrogens is 392 g/mol. The molecule has 8 bridgehead atoms. The summed E-state index contributed by atoms with van der Waals surface area (Å²) >= 11 is 0. The highest BCUT2D eigenvalue weighted by atomic mass is 14.8. The third kappa shape index (κ3) is 2.92. The van der Waals surface area contributed by atoms with Crippen LogP contribution >= 0.6 is 0 Å². The zero-order chi connectivity index (χ0) is 21.1. The van der Waals surface area contributed by atoms with E-state index in [2.05, 4.69) is 94.9 Å². The average Bonchev–Trinajstić information content (AvgIpc) is 3.58. The SMILES string of the molecule is C1=Cc2cc3ccc(cc4ccc(cc5nc(cc1n2)C1=C5Cc2ccccc2C1)[nH]4)[nH]3. The third-order valence-corrected chi connectivity index (χ3v) is 6.41. The second-order valence-electron chi connectivity index (χ2n) is 8.57. The molecule has 7 rings (SSSR count). The van der Waals surface area contributed by atoms with Gasteiger partial charge in [-0.25, -0.2) is 9.97 Å².